The number of aliphatic hydroxyl groups is 1. The van der Waals surface area contributed by atoms with Gasteiger partial charge in [0, 0.05) is 12.8 Å². The Labute approximate surface area is 53.1 Å². The van der Waals surface area contributed by atoms with Crippen molar-refractivity contribution >= 4 is 0 Å². The van der Waals surface area contributed by atoms with Crippen LogP contribution in [-0.4, -0.2) is 11.2 Å². The Bertz CT molecular complexity index is 194. The number of aliphatic hydroxyl groups excluding tert-OH is 1. The molecule has 0 fully saturated rings. The normalized spacial score (nSPS) is 18.3. The molecule has 0 bridgehead atoms. The van der Waals surface area contributed by atoms with Gasteiger partial charge in [0.05, 0.1) is 18.6 Å². The van der Waals surface area contributed by atoms with Gasteiger partial charge in [-0.1, -0.05) is 0 Å². The molecule has 1 aliphatic rings. The summed E-state index contributed by atoms with van der Waals surface area (Å²) in [5, 5.41) is 9.10. The maximum absolute atomic E-state index is 9.10. The Balaban J connectivity index is 2.39. The highest BCUT2D eigenvalue weighted by Gasteiger charge is 2.20. The molecule has 2 rings (SSSR count). The van der Waals surface area contributed by atoms with Crippen LogP contribution in [0.1, 0.15) is 11.1 Å². The summed E-state index contributed by atoms with van der Waals surface area (Å²) in [6.07, 6.45) is 4.81. The van der Waals surface area contributed by atoms with Gasteiger partial charge in [-0.15, -0.1) is 0 Å². The van der Waals surface area contributed by atoms with Gasteiger partial charge >= 0.3 is 0 Å². The average Bonchev–Trinajstić information content (AvgIpc) is 2.22. The highest BCUT2D eigenvalue weighted by atomic mass is 16.3. The summed E-state index contributed by atoms with van der Waals surface area (Å²) in [5.41, 5.74) is 2.34. The third-order valence-corrected chi connectivity index (χ3v) is 1.74. The summed E-state index contributed by atoms with van der Waals surface area (Å²) in [7, 11) is 0. The van der Waals surface area contributed by atoms with Crippen LogP contribution in [0.2, 0.25) is 0 Å². The van der Waals surface area contributed by atoms with E-state index in [0.29, 0.717) is 0 Å². The van der Waals surface area contributed by atoms with Crippen LogP contribution in [0, 0.1) is 0 Å². The topological polar surface area (TPSA) is 33.4 Å². The molecular formula is C7H8O2. The van der Waals surface area contributed by atoms with Crippen LogP contribution in [0.4, 0.5) is 0 Å². The van der Waals surface area contributed by atoms with E-state index in [1.54, 1.807) is 12.5 Å². The van der Waals surface area contributed by atoms with E-state index in [1.165, 1.54) is 11.1 Å². The van der Waals surface area contributed by atoms with Crippen LogP contribution in [0.5, 0.6) is 0 Å². The van der Waals surface area contributed by atoms with E-state index < -0.39 is 0 Å². The second-order valence-electron chi connectivity index (χ2n) is 2.48. The monoisotopic (exact) mass is 124 g/mol. The molecular weight excluding hydrogens is 116 g/mol. The minimum Gasteiger partial charge on any atom is -0.472 e. The molecule has 2 nitrogen and oxygen atoms in total. The van der Waals surface area contributed by atoms with Gasteiger partial charge in [-0.3, -0.25) is 0 Å². The predicted molar refractivity (Wildman–Crippen MR) is 32.1 cm³/mol. The minimum atomic E-state index is -0.161. The van der Waals surface area contributed by atoms with Crippen molar-refractivity contribution in [2.75, 3.05) is 0 Å². The molecule has 0 spiro atoms. The fourth-order valence-electron chi connectivity index (χ4n) is 1.29. The first-order chi connectivity index (χ1) is 4.36. The number of fused-ring (bicyclic) bond motifs is 1. The fourth-order valence-corrected chi connectivity index (χ4v) is 1.29. The van der Waals surface area contributed by atoms with E-state index in [-0.39, 0.29) is 6.10 Å². The van der Waals surface area contributed by atoms with Crippen LogP contribution < -0.4 is 0 Å². The van der Waals surface area contributed by atoms with Crippen molar-refractivity contribution in [3.8, 4) is 0 Å². The molecule has 2 heteroatoms. The third-order valence-electron chi connectivity index (χ3n) is 1.74. The Hall–Kier alpha value is -0.760. The SMILES string of the molecule is OC1Cc2cocc2C1. The van der Waals surface area contributed by atoms with Crippen LogP contribution in [0.3, 0.4) is 0 Å². The summed E-state index contributed by atoms with van der Waals surface area (Å²) in [5.74, 6) is 0. The first-order valence-electron chi connectivity index (χ1n) is 3.08. The van der Waals surface area contributed by atoms with Crippen LogP contribution in [-0.2, 0) is 12.8 Å². The Morgan fingerprint density at radius 2 is 1.89 bits per heavy atom. The van der Waals surface area contributed by atoms with Crippen molar-refractivity contribution < 1.29 is 9.52 Å². The molecule has 1 aromatic rings. The lowest BCUT2D eigenvalue weighted by molar-refractivity contribution is 0.185. The Morgan fingerprint density at radius 1 is 1.33 bits per heavy atom. The van der Waals surface area contributed by atoms with E-state index in [0.717, 1.165) is 12.8 Å². The largest absolute Gasteiger partial charge is 0.472 e. The zero-order chi connectivity index (χ0) is 6.27. The molecule has 0 radical (unpaired) electrons. The van der Waals surface area contributed by atoms with E-state index in [2.05, 4.69) is 0 Å². The molecule has 1 N–H and O–H groups in total. The van der Waals surface area contributed by atoms with Crippen molar-refractivity contribution in [2.24, 2.45) is 0 Å². The summed E-state index contributed by atoms with van der Waals surface area (Å²) in [6.45, 7) is 0. The lowest BCUT2D eigenvalue weighted by atomic mass is 10.2. The molecule has 0 unspecified atom stereocenters. The maximum Gasteiger partial charge on any atom is 0.0938 e. The molecule has 0 aromatic carbocycles. The maximum atomic E-state index is 9.10. The van der Waals surface area contributed by atoms with Crippen LogP contribution >= 0.6 is 0 Å². The highest BCUT2D eigenvalue weighted by Crippen LogP contribution is 2.22. The molecule has 0 amide bonds. The van der Waals surface area contributed by atoms with Crippen molar-refractivity contribution in [1.82, 2.24) is 0 Å². The Kier molecular flexibility index (Phi) is 0.904. The molecule has 9 heavy (non-hydrogen) atoms. The van der Waals surface area contributed by atoms with Gasteiger partial charge in [0.15, 0.2) is 0 Å². The summed E-state index contributed by atoms with van der Waals surface area (Å²) in [4.78, 5) is 0. The van der Waals surface area contributed by atoms with Gasteiger partial charge in [-0.25, -0.2) is 0 Å². The zero-order valence-corrected chi connectivity index (χ0v) is 5.00. The standard InChI is InChI=1S/C7H8O2/c8-7-1-5-3-9-4-6(5)2-7/h3-4,7-8H,1-2H2. The smallest absolute Gasteiger partial charge is 0.0938 e. The highest BCUT2D eigenvalue weighted by molar-refractivity contribution is 5.27. The number of rotatable bonds is 0. The molecule has 0 saturated heterocycles. The van der Waals surface area contributed by atoms with Gasteiger partial charge < -0.3 is 9.52 Å². The van der Waals surface area contributed by atoms with Crippen LogP contribution in [0.15, 0.2) is 16.9 Å². The van der Waals surface area contributed by atoms with E-state index in [9.17, 15) is 0 Å². The zero-order valence-electron chi connectivity index (χ0n) is 5.00. The number of hydrogen-bond acceptors (Lipinski definition) is 2. The first-order valence-corrected chi connectivity index (χ1v) is 3.08. The van der Waals surface area contributed by atoms with Crippen LogP contribution in [0.25, 0.3) is 0 Å². The van der Waals surface area contributed by atoms with Crippen molar-refractivity contribution in [3.63, 3.8) is 0 Å². The fraction of sp³-hybridized carbons (Fsp3) is 0.429. The minimum absolute atomic E-state index is 0.161. The first kappa shape index (κ1) is 5.06. The third kappa shape index (κ3) is 0.669. The molecule has 1 heterocycles. The predicted octanol–water partition coefficient (Wildman–Crippen LogP) is 0.739. The number of furan rings is 1. The molecule has 0 aliphatic heterocycles. The molecule has 48 valence electrons. The van der Waals surface area contributed by atoms with E-state index >= 15 is 0 Å². The van der Waals surface area contributed by atoms with Gasteiger partial charge in [0.2, 0.25) is 0 Å². The average molecular weight is 124 g/mol. The van der Waals surface area contributed by atoms with Gasteiger partial charge in [-0.05, 0) is 11.1 Å². The summed E-state index contributed by atoms with van der Waals surface area (Å²) in [6, 6.07) is 0. The molecule has 0 atom stereocenters. The molecule has 0 saturated carbocycles. The second-order valence-corrected chi connectivity index (χ2v) is 2.48. The van der Waals surface area contributed by atoms with Gasteiger partial charge in [0.25, 0.3) is 0 Å². The Morgan fingerprint density at radius 3 is 2.44 bits per heavy atom. The van der Waals surface area contributed by atoms with Crippen molar-refractivity contribution in [1.29, 1.82) is 0 Å². The van der Waals surface area contributed by atoms with E-state index in [4.69, 9.17) is 9.52 Å². The molecule has 1 aliphatic carbocycles. The van der Waals surface area contributed by atoms with Gasteiger partial charge in [0.1, 0.15) is 0 Å². The second kappa shape index (κ2) is 1.61. The quantitative estimate of drug-likeness (QED) is 0.553. The lowest BCUT2D eigenvalue weighted by Gasteiger charge is -1.94. The summed E-state index contributed by atoms with van der Waals surface area (Å²) < 4.78 is 4.92. The van der Waals surface area contributed by atoms with Crippen molar-refractivity contribution in [3.05, 3.63) is 23.7 Å². The van der Waals surface area contributed by atoms with E-state index in [1.807, 2.05) is 0 Å². The number of hydrogen-bond donors (Lipinski definition) is 1. The lowest BCUT2D eigenvalue weighted by Crippen LogP contribution is -2.03. The summed E-state index contributed by atoms with van der Waals surface area (Å²) >= 11 is 0. The van der Waals surface area contributed by atoms with Crippen molar-refractivity contribution in [2.45, 2.75) is 18.9 Å². The molecule has 1 aromatic heterocycles. The van der Waals surface area contributed by atoms with Gasteiger partial charge in [-0.2, -0.15) is 0 Å².